The Labute approximate surface area is 186 Å². The topological polar surface area (TPSA) is 103 Å². The Hall–Kier alpha value is -3.17. The maximum atomic E-state index is 12.1. The summed E-state index contributed by atoms with van der Waals surface area (Å²) in [6.07, 6.45) is 0.740. The lowest BCUT2D eigenvalue weighted by Crippen LogP contribution is -2.07. The van der Waals surface area contributed by atoms with Gasteiger partial charge in [-0.2, -0.15) is 4.68 Å². The first-order chi connectivity index (χ1) is 14.9. The average Bonchev–Trinajstić information content (AvgIpc) is 3.20. The number of aryl methyl sites for hydroxylation is 1. The standard InChI is InChI=1S/C21H18ClN5O3S/c1-3-13-7-19-17(10-18(13)22)14(8-20(29)30-19)11-31-21-24-25-26-27(21)16-6-4-5-15(9-16)23-12(2)28/h4-10H,3,11H2,1-2H3,(H,23,28). The van der Waals surface area contributed by atoms with Crippen molar-refractivity contribution in [3.8, 4) is 5.69 Å². The molecule has 0 saturated heterocycles. The molecule has 1 N–H and O–H groups in total. The number of anilines is 1. The van der Waals surface area contributed by atoms with Crippen LogP contribution < -0.4 is 10.9 Å². The minimum Gasteiger partial charge on any atom is -0.423 e. The number of rotatable bonds is 6. The molecule has 158 valence electrons. The van der Waals surface area contributed by atoms with E-state index in [1.54, 1.807) is 22.9 Å². The minimum absolute atomic E-state index is 0.164. The number of amides is 1. The van der Waals surface area contributed by atoms with Gasteiger partial charge in [-0.3, -0.25) is 4.79 Å². The molecule has 0 aliphatic rings. The van der Waals surface area contributed by atoms with Gasteiger partial charge in [-0.25, -0.2) is 4.79 Å². The summed E-state index contributed by atoms with van der Waals surface area (Å²) in [4.78, 5) is 23.4. The lowest BCUT2D eigenvalue weighted by molar-refractivity contribution is -0.114. The molecular formula is C21H18ClN5O3S. The molecule has 4 rings (SSSR count). The summed E-state index contributed by atoms with van der Waals surface area (Å²) in [7, 11) is 0. The zero-order chi connectivity index (χ0) is 22.0. The second-order valence-electron chi connectivity index (χ2n) is 6.78. The van der Waals surface area contributed by atoms with Gasteiger partial charge < -0.3 is 9.73 Å². The van der Waals surface area contributed by atoms with Crippen molar-refractivity contribution in [1.82, 2.24) is 20.2 Å². The number of carbonyl (C=O) groups excluding carboxylic acids is 1. The number of thioether (sulfide) groups is 1. The van der Waals surface area contributed by atoms with E-state index in [1.807, 2.05) is 25.1 Å². The maximum absolute atomic E-state index is 12.1. The molecule has 0 saturated carbocycles. The van der Waals surface area contributed by atoms with Crippen LogP contribution in [0.1, 0.15) is 25.0 Å². The fourth-order valence-corrected chi connectivity index (χ4v) is 4.35. The SMILES string of the molecule is CCc1cc2oc(=O)cc(CSc3nnnn3-c3cccc(NC(C)=O)c3)c2cc1Cl. The van der Waals surface area contributed by atoms with Crippen LogP contribution >= 0.6 is 23.4 Å². The second-order valence-corrected chi connectivity index (χ2v) is 8.13. The minimum atomic E-state index is -0.421. The highest BCUT2D eigenvalue weighted by Crippen LogP contribution is 2.30. The van der Waals surface area contributed by atoms with Gasteiger partial charge in [0.05, 0.1) is 5.69 Å². The molecule has 0 unspecified atom stereocenters. The van der Waals surface area contributed by atoms with E-state index in [2.05, 4.69) is 20.8 Å². The monoisotopic (exact) mass is 455 g/mol. The van der Waals surface area contributed by atoms with Crippen LogP contribution in [0.25, 0.3) is 16.7 Å². The molecule has 0 aliphatic carbocycles. The predicted molar refractivity (Wildman–Crippen MR) is 120 cm³/mol. The van der Waals surface area contributed by atoms with Crippen LogP contribution in [0.3, 0.4) is 0 Å². The number of tetrazole rings is 1. The van der Waals surface area contributed by atoms with E-state index in [0.29, 0.717) is 32.9 Å². The number of carbonyl (C=O) groups is 1. The first kappa shape index (κ1) is 21.1. The smallest absolute Gasteiger partial charge is 0.336 e. The van der Waals surface area contributed by atoms with Crippen LogP contribution in [0, 0.1) is 0 Å². The number of nitrogens with zero attached hydrogens (tertiary/aromatic N) is 4. The molecular weight excluding hydrogens is 438 g/mol. The third kappa shape index (κ3) is 4.62. The molecule has 0 aliphatic heterocycles. The van der Waals surface area contributed by atoms with Crippen LogP contribution in [0.15, 0.2) is 56.8 Å². The molecule has 0 atom stereocenters. The third-order valence-corrected chi connectivity index (χ3v) is 5.91. The quantitative estimate of drug-likeness (QED) is 0.342. The first-order valence-corrected chi connectivity index (χ1v) is 10.9. The molecule has 1 amide bonds. The van der Waals surface area contributed by atoms with Crippen LogP contribution in [-0.4, -0.2) is 26.1 Å². The van der Waals surface area contributed by atoms with Crippen molar-refractivity contribution < 1.29 is 9.21 Å². The van der Waals surface area contributed by atoms with E-state index in [9.17, 15) is 9.59 Å². The highest BCUT2D eigenvalue weighted by Gasteiger charge is 2.14. The Balaban J connectivity index is 1.64. The lowest BCUT2D eigenvalue weighted by Gasteiger charge is -2.09. The van der Waals surface area contributed by atoms with E-state index in [4.69, 9.17) is 16.0 Å². The van der Waals surface area contributed by atoms with Crippen LogP contribution in [-0.2, 0) is 17.0 Å². The molecule has 2 aromatic carbocycles. The highest BCUT2D eigenvalue weighted by atomic mass is 35.5. The third-order valence-electron chi connectivity index (χ3n) is 4.59. The summed E-state index contributed by atoms with van der Waals surface area (Å²) in [5.74, 6) is 0.276. The number of fused-ring (bicyclic) bond motifs is 1. The van der Waals surface area contributed by atoms with Crippen molar-refractivity contribution in [2.45, 2.75) is 31.2 Å². The van der Waals surface area contributed by atoms with Gasteiger partial charge in [0.15, 0.2) is 0 Å². The number of benzene rings is 2. The van der Waals surface area contributed by atoms with E-state index in [-0.39, 0.29) is 5.91 Å². The first-order valence-electron chi connectivity index (χ1n) is 9.49. The van der Waals surface area contributed by atoms with Gasteiger partial charge >= 0.3 is 5.63 Å². The molecule has 0 fully saturated rings. The summed E-state index contributed by atoms with van der Waals surface area (Å²) in [5, 5.41) is 16.6. The van der Waals surface area contributed by atoms with E-state index >= 15 is 0 Å². The molecule has 4 aromatic rings. The molecule has 2 aromatic heterocycles. The highest BCUT2D eigenvalue weighted by molar-refractivity contribution is 7.98. The molecule has 0 spiro atoms. The van der Waals surface area contributed by atoms with Crippen molar-refractivity contribution in [2.24, 2.45) is 0 Å². The lowest BCUT2D eigenvalue weighted by atomic mass is 10.1. The molecule has 0 bridgehead atoms. The fraction of sp³-hybridized carbons (Fsp3) is 0.190. The number of aromatic nitrogens is 4. The molecule has 8 nitrogen and oxygen atoms in total. The van der Waals surface area contributed by atoms with Crippen molar-refractivity contribution in [3.63, 3.8) is 0 Å². The van der Waals surface area contributed by atoms with E-state index in [1.165, 1.54) is 24.8 Å². The van der Waals surface area contributed by atoms with Gasteiger partial charge in [-0.1, -0.05) is 36.4 Å². The number of hydrogen-bond acceptors (Lipinski definition) is 7. The van der Waals surface area contributed by atoms with Crippen LogP contribution in [0.4, 0.5) is 5.69 Å². The predicted octanol–water partition coefficient (Wildman–Crippen LogP) is 4.24. The summed E-state index contributed by atoms with van der Waals surface area (Å²) < 4.78 is 6.95. The number of hydrogen-bond donors (Lipinski definition) is 1. The zero-order valence-corrected chi connectivity index (χ0v) is 18.3. The van der Waals surface area contributed by atoms with Gasteiger partial charge in [0.1, 0.15) is 5.58 Å². The summed E-state index contributed by atoms with van der Waals surface area (Å²) in [5.41, 5.74) is 3.13. The zero-order valence-electron chi connectivity index (χ0n) is 16.8. The number of halogens is 1. The summed E-state index contributed by atoms with van der Waals surface area (Å²) in [6.45, 7) is 3.44. The van der Waals surface area contributed by atoms with Gasteiger partial charge in [-0.15, -0.1) is 5.10 Å². The average molecular weight is 456 g/mol. The molecule has 31 heavy (non-hydrogen) atoms. The van der Waals surface area contributed by atoms with Gasteiger partial charge in [-0.05, 0) is 58.3 Å². The Morgan fingerprint density at radius 2 is 2.06 bits per heavy atom. The van der Waals surface area contributed by atoms with Crippen molar-refractivity contribution in [2.75, 3.05) is 5.32 Å². The maximum Gasteiger partial charge on any atom is 0.336 e. The van der Waals surface area contributed by atoms with Crippen molar-refractivity contribution >= 4 is 45.9 Å². The van der Waals surface area contributed by atoms with Crippen LogP contribution in [0.5, 0.6) is 0 Å². The largest absolute Gasteiger partial charge is 0.423 e. The molecule has 0 radical (unpaired) electrons. The second kappa shape index (κ2) is 8.91. The van der Waals surface area contributed by atoms with E-state index < -0.39 is 5.63 Å². The normalized spacial score (nSPS) is 11.1. The molecule has 2 heterocycles. The fourth-order valence-electron chi connectivity index (χ4n) is 3.17. The van der Waals surface area contributed by atoms with Gasteiger partial charge in [0, 0.05) is 34.8 Å². The van der Waals surface area contributed by atoms with Crippen molar-refractivity contribution in [3.05, 3.63) is 69.0 Å². The Kier molecular flexibility index (Phi) is 6.06. The van der Waals surface area contributed by atoms with Gasteiger partial charge in [0.25, 0.3) is 0 Å². The van der Waals surface area contributed by atoms with E-state index in [0.717, 1.165) is 22.9 Å². The van der Waals surface area contributed by atoms with Gasteiger partial charge in [0.2, 0.25) is 11.1 Å². The molecule has 10 heteroatoms. The summed E-state index contributed by atoms with van der Waals surface area (Å²) >= 11 is 7.75. The Morgan fingerprint density at radius 3 is 2.84 bits per heavy atom. The Bertz CT molecular complexity index is 1330. The van der Waals surface area contributed by atoms with Crippen molar-refractivity contribution in [1.29, 1.82) is 0 Å². The number of nitrogens with one attached hydrogen (secondary N) is 1. The van der Waals surface area contributed by atoms with Crippen LogP contribution in [0.2, 0.25) is 5.02 Å². The summed E-state index contributed by atoms with van der Waals surface area (Å²) in [6, 6.07) is 12.3. The Morgan fingerprint density at radius 1 is 1.23 bits per heavy atom.